The molecule has 0 saturated heterocycles. The largest absolute Gasteiger partial charge is 2.00 e. The van der Waals surface area contributed by atoms with Crippen LogP contribution in [-0.2, 0) is 21.1 Å². The topological polar surface area (TPSA) is 43.1 Å². The normalized spacial score (nSPS) is 9.25. The molecule has 3 heteroatoms. The van der Waals surface area contributed by atoms with E-state index in [4.69, 9.17) is 5.73 Å². The predicted octanol–water partition coefficient (Wildman–Crippen LogP) is 2.30. The Labute approximate surface area is 109 Å². The van der Waals surface area contributed by atoms with Gasteiger partial charge in [-0.25, -0.2) is 0 Å². The van der Waals surface area contributed by atoms with E-state index in [0.29, 0.717) is 16.8 Å². The fourth-order valence-electron chi connectivity index (χ4n) is 1.38. The van der Waals surface area contributed by atoms with Gasteiger partial charge in [0, 0.05) is 5.56 Å². The number of carbonyl (C=O) groups is 1. The number of carbonyl (C=O) groups excluding carboxylic acids is 1. The third-order valence-electron chi connectivity index (χ3n) is 2.18. The van der Waals surface area contributed by atoms with Crippen LogP contribution >= 0.6 is 0 Å². The Hall–Kier alpha value is -1.40. The molecule has 2 nitrogen and oxygen atoms in total. The molecule has 0 aliphatic rings. The monoisotopic (exact) mass is 380 g/mol. The molecule has 0 unspecified atom stereocenters. The molecule has 0 radical (unpaired) electrons. The van der Waals surface area contributed by atoms with Crippen LogP contribution in [0.15, 0.2) is 48.5 Å². The number of benzene rings is 2. The molecular weight excluding hydrogens is 370 g/mol. The first-order chi connectivity index (χ1) is 7.29. The van der Waals surface area contributed by atoms with Gasteiger partial charge in [0.2, 0.25) is 0 Å². The van der Waals surface area contributed by atoms with E-state index >= 15 is 0 Å². The van der Waals surface area contributed by atoms with E-state index in [9.17, 15) is 4.79 Å². The molecule has 0 saturated carbocycles. The van der Waals surface area contributed by atoms with Gasteiger partial charge in [-0.2, -0.15) is 18.2 Å². The Bertz CT molecular complexity index is 482. The number of ketones is 1. The van der Waals surface area contributed by atoms with Crippen LogP contribution in [-0.4, -0.2) is 5.78 Å². The predicted molar refractivity (Wildman–Crippen MR) is 59.6 cm³/mol. The van der Waals surface area contributed by atoms with Gasteiger partial charge >= 0.3 is 21.1 Å². The van der Waals surface area contributed by atoms with E-state index in [2.05, 4.69) is 6.07 Å². The van der Waals surface area contributed by atoms with Crippen LogP contribution in [0.4, 0.5) is 5.69 Å². The van der Waals surface area contributed by atoms with Crippen molar-refractivity contribution in [1.82, 2.24) is 0 Å². The second-order valence-corrected chi connectivity index (χ2v) is 3.21. The number of hydrogen-bond acceptors (Lipinski definition) is 2. The first-order valence-corrected chi connectivity index (χ1v) is 4.64. The number of anilines is 1. The molecule has 0 spiro atoms. The Morgan fingerprint density at radius 2 is 1.81 bits per heavy atom. The molecule has 0 atom stereocenters. The Morgan fingerprint density at radius 3 is 2.44 bits per heavy atom. The fourth-order valence-corrected chi connectivity index (χ4v) is 1.38. The van der Waals surface area contributed by atoms with E-state index in [0.717, 1.165) is 0 Å². The third-order valence-corrected chi connectivity index (χ3v) is 2.18. The second kappa shape index (κ2) is 5.62. The number of nitrogen functional groups attached to an aromatic ring is 1. The van der Waals surface area contributed by atoms with Gasteiger partial charge in [0.15, 0.2) is 0 Å². The summed E-state index contributed by atoms with van der Waals surface area (Å²) in [6.07, 6.45) is 0. The van der Waals surface area contributed by atoms with Crippen LogP contribution < -0.4 is 5.73 Å². The fraction of sp³-hybridized carbons (Fsp3) is 0. The molecule has 0 bridgehead atoms. The molecule has 2 aromatic carbocycles. The first-order valence-electron chi connectivity index (χ1n) is 4.64. The van der Waals surface area contributed by atoms with E-state index in [1.807, 2.05) is 18.2 Å². The molecule has 0 aliphatic heterocycles. The van der Waals surface area contributed by atoms with E-state index in [1.54, 1.807) is 30.3 Å². The molecule has 78 valence electrons. The smallest absolute Gasteiger partial charge is 0.419 e. The van der Waals surface area contributed by atoms with Crippen molar-refractivity contribution in [2.75, 3.05) is 5.73 Å². The van der Waals surface area contributed by atoms with Crippen LogP contribution in [0.5, 0.6) is 0 Å². The second-order valence-electron chi connectivity index (χ2n) is 3.21. The van der Waals surface area contributed by atoms with Crippen LogP contribution in [0.1, 0.15) is 15.9 Å². The van der Waals surface area contributed by atoms with Crippen molar-refractivity contribution in [2.45, 2.75) is 0 Å². The number of nitrogens with two attached hydrogens (primary N) is 1. The van der Waals surface area contributed by atoms with Crippen LogP contribution in [0.3, 0.4) is 0 Å². The van der Waals surface area contributed by atoms with Crippen molar-refractivity contribution < 1.29 is 25.9 Å². The molecule has 0 aromatic heterocycles. The summed E-state index contributed by atoms with van der Waals surface area (Å²) in [7, 11) is 0. The molecular formula is C13H10NOW+. The van der Waals surface area contributed by atoms with Crippen molar-refractivity contribution in [1.29, 1.82) is 0 Å². The summed E-state index contributed by atoms with van der Waals surface area (Å²) in [5, 5.41) is 0. The van der Waals surface area contributed by atoms with Crippen molar-refractivity contribution in [3.63, 3.8) is 0 Å². The number of rotatable bonds is 2. The molecule has 0 heterocycles. The summed E-state index contributed by atoms with van der Waals surface area (Å²) >= 11 is 0. The van der Waals surface area contributed by atoms with Crippen molar-refractivity contribution in [3.05, 3.63) is 65.7 Å². The van der Waals surface area contributed by atoms with E-state index in [-0.39, 0.29) is 26.8 Å². The van der Waals surface area contributed by atoms with E-state index < -0.39 is 0 Å². The van der Waals surface area contributed by atoms with Gasteiger partial charge in [-0.1, -0.05) is 41.6 Å². The van der Waals surface area contributed by atoms with Crippen LogP contribution in [0.25, 0.3) is 0 Å². The molecule has 0 fully saturated rings. The third kappa shape index (κ3) is 2.59. The Balaban J connectivity index is 0.00000128. The Morgan fingerprint density at radius 1 is 1.12 bits per heavy atom. The molecule has 16 heavy (non-hydrogen) atoms. The maximum atomic E-state index is 12.0. The molecule has 0 amide bonds. The summed E-state index contributed by atoms with van der Waals surface area (Å²) in [4.78, 5) is 12.0. The zero-order valence-electron chi connectivity index (χ0n) is 8.51. The minimum absolute atomic E-state index is 0. The maximum absolute atomic E-state index is 12.0. The first kappa shape index (κ1) is 12.7. The van der Waals surface area contributed by atoms with Crippen LogP contribution in [0, 0.1) is 6.07 Å². The van der Waals surface area contributed by atoms with Gasteiger partial charge in [-0.3, -0.25) is 0 Å². The van der Waals surface area contributed by atoms with Gasteiger partial charge in [0.25, 0.3) is 0 Å². The minimum atomic E-state index is -0.0649. The summed E-state index contributed by atoms with van der Waals surface area (Å²) in [6.45, 7) is 0. The minimum Gasteiger partial charge on any atom is -0.419 e. The van der Waals surface area contributed by atoms with E-state index in [1.165, 1.54) is 0 Å². The van der Waals surface area contributed by atoms with Crippen LogP contribution in [0.2, 0.25) is 0 Å². The van der Waals surface area contributed by atoms with Gasteiger partial charge in [0.1, 0.15) is 5.78 Å². The van der Waals surface area contributed by atoms with Gasteiger partial charge < -0.3 is 10.5 Å². The summed E-state index contributed by atoms with van der Waals surface area (Å²) in [5.74, 6) is -0.0649. The summed E-state index contributed by atoms with van der Waals surface area (Å²) < 4.78 is 0. The molecule has 2 N–H and O–H groups in total. The Kier molecular flexibility index (Phi) is 4.45. The average molecular weight is 380 g/mol. The zero-order chi connectivity index (χ0) is 10.7. The van der Waals surface area contributed by atoms with Crippen molar-refractivity contribution >= 4 is 11.5 Å². The van der Waals surface area contributed by atoms with Gasteiger partial charge in [0.05, 0.1) is 0 Å². The molecule has 0 aliphatic carbocycles. The van der Waals surface area contributed by atoms with Gasteiger partial charge in [-0.05, 0) is 0 Å². The summed E-state index contributed by atoms with van der Waals surface area (Å²) in [6, 6.07) is 16.9. The quantitative estimate of drug-likeness (QED) is 0.494. The summed E-state index contributed by atoms with van der Waals surface area (Å²) in [5.41, 5.74) is 7.35. The molecule has 2 rings (SSSR count). The zero-order valence-corrected chi connectivity index (χ0v) is 11.4. The number of hydrogen-bond donors (Lipinski definition) is 1. The maximum Gasteiger partial charge on any atom is 2.00 e. The molecule has 2 aromatic rings. The standard InChI is InChI=1S/C13H10NO.W/c14-12-9-5-4-8-11(12)13(15)10-6-2-1-3-7-10;/h1-3,5-9H,14H2;/q-1;+2. The van der Waals surface area contributed by atoms with Crippen molar-refractivity contribution in [3.8, 4) is 0 Å². The SMILES string of the molecule is Nc1cc[c-]cc1C(=O)c1ccccc1.[W+2]. The average Bonchev–Trinajstić information content (AvgIpc) is 2.30. The van der Waals surface area contributed by atoms with Gasteiger partial charge in [-0.15, -0.1) is 6.07 Å². The van der Waals surface area contributed by atoms with Crippen molar-refractivity contribution in [2.24, 2.45) is 0 Å².